The third-order valence-corrected chi connectivity index (χ3v) is 3.05. The first-order valence-electron chi connectivity index (χ1n) is 3.48. The summed E-state index contributed by atoms with van der Waals surface area (Å²) in [6, 6.07) is 0. The van der Waals surface area contributed by atoms with Gasteiger partial charge in [-0.3, -0.25) is 4.79 Å². The van der Waals surface area contributed by atoms with Crippen LogP contribution < -0.4 is 0 Å². The molecule has 0 aromatic heterocycles. The Kier molecular flexibility index (Phi) is 2.55. The molecule has 2 atom stereocenters. The zero-order valence-electron chi connectivity index (χ0n) is 6.17. The van der Waals surface area contributed by atoms with Gasteiger partial charge >= 0.3 is 0 Å². The quantitative estimate of drug-likeness (QED) is 0.566. The van der Waals surface area contributed by atoms with Crippen LogP contribution in [0.4, 0.5) is 0 Å². The van der Waals surface area contributed by atoms with Gasteiger partial charge in [0.1, 0.15) is 5.78 Å². The number of Topliss-reactive ketones (excluding diaryl/α,β-unsaturated/α-hetero) is 1. The molecule has 0 aromatic carbocycles. The van der Waals surface area contributed by atoms with Crippen LogP contribution in [0.3, 0.4) is 0 Å². The van der Waals surface area contributed by atoms with Gasteiger partial charge in [-0.1, -0.05) is 13.0 Å². The summed E-state index contributed by atoms with van der Waals surface area (Å²) in [5.41, 5.74) is 0. The number of hydrogen-bond donors (Lipinski definition) is 0. The van der Waals surface area contributed by atoms with E-state index in [4.69, 9.17) is 0 Å². The first kappa shape index (κ1) is 7.86. The van der Waals surface area contributed by atoms with Gasteiger partial charge in [-0.05, 0) is 5.92 Å². The molecule has 10 heavy (non-hydrogen) atoms. The van der Waals surface area contributed by atoms with Crippen LogP contribution >= 0.6 is 11.8 Å². The smallest absolute Gasteiger partial charge is 0.147 e. The summed E-state index contributed by atoms with van der Waals surface area (Å²) in [6.45, 7) is 5.74. The molecule has 0 spiro atoms. The van der Waals surface area contributed by atoms with Crippen molar-refractivity contribution >= 4 is 17.5 Å². The van der Waals surface area contributed by atoms with Crippen molar-refractivity contribution in [1.29, 1.82) is 0 Å². The maximum absolute atomic E-state index is 11.1. The molecule has 2 heteroatoms. The molecule has 0 radical (unpaired) electrons. The summed E-state index contributed by atoms with van der Waals surface area (Å²) >= 11 is 1.74. The molecule has 0 N–H and O–H groups in total. The number of allylic oxidation sites excluding steroid dienone is 1. The first-order chi connectivity index (χ1) is 4.75. The van der Waals surface area contributed by atoms with Gasteiger partial charge in [0, 0.05) is 11.7 Å². The SMILES string of the molecule is C=CC(C)C1CSCC1=O. The molecule has 0 aromatic rings. The van der Waals surface area contributed by atoms with E-state index in [2.05, 4.69) is 13.5 Å². The minimum absolute atomic E-state index is 0.252. The molecule has 0 amide bonds. The van der Waals surface area contributed by atoms with Crippen molar-refractivity contribution in [2.24, 2.45) is 11.8 Å². The summed E-state index contributed by atoms with van der Waals surface area (Å²) in [4.78, 5) is 11.1. The number of thioether (sulfide) groups is 1. The van der Waals surface area contributed by atoms with Crippen LogP contribution in [-0.4, -0.2) is 17.3 Å². The highest BCUT2D eigenvalue weighted by atomic mass is 32.2. The predicted molar refractivity (Wildman–Crippen MR) is 45.2 cm³/mol. The lowest BCUT2D eigenvalue weighted by molar-refractivity contribution is -0.119. The van der Waals surface area contributed by atoms with Gasteiger partial charge in [0.25, 0.3) is 0 Å². The van der Waals surface area contributed by atoms with Crippen molar-refractivity contribution in [3.05, 3.63) is 12.7 Å². The Morgan fingerprint density at radius 2 is 2.60 bits per heavy atom. The molecule has 1 heterocycles. The molecule has 0 aliphatic carbocycles. The minimum Gasteiger partial charge on any atom is -0.298 e. The normalized spacial score (nSPS) is 28.5. The van der Waals surface area contributed by atoms with Crippen LogP contribution in [-0.2, 0) is 4.79 Å². The maximum atomic E-state index is 11.1. The van der Waals surface area contributed by atoms with E-state index in [1.165, 1.54) is 0 Å². The molecule has 2 unspecified atom stereocenters. The van der Waals surface area contributed by atoms with E-state index >= 15 is 0 Å². The number of rotatable bonds is 2. The van der Waals surface area contributed by atoms with Gasteiger partial charge in [-0.2, -0.15) is 11.8 Å². The van der Waals surface area contributed by atoms with Crippen LogP contribution in [0.2, 0.25) is 0 Å². The number of ketones is 1. The summed E-state index contributed by atoms with van der Waals surface area (Å²) in [6.07, 6.45) is 1.87. The minimum atomic E-state index is 0.252. The van der Waals surface area contributed by atoms with E-state index in [1.54, 1.807) is 11.8 Å². The Bertz CT molecular complexity index is 153. The van der Waals surface area contributed by atoms with E-state index in [0.717, 1.165) is 5.75 Å². The lowest BCUT2D eigenvalue weighted by Crippen LogP contribution is -2.17. The fraction of sp³-hybridized carbons (Fsp3) is 0.625. The number of carbonyl (C=O) groups excluding carboxylic acids is 1. The molecule has 1 aliphatic rings. The van der Waals surface area contributed by atoms with E-state index < -0.39 is 0 Å². The highest BCUT2D eigenvalue weighted by molar-refractivity contribution is 8.00. The third-order valence-electron chi connectivity index (χ3n) is 1.96. The van der Waals surface area contributed by atoms with Gasteiger partial charge in [-0.15, -0.1) is 6.58 Å². The second-order valence-electron chi connectivity index (χ2n) is 2.68. The molecule has 56 valence electrons. The van der Waals surface area contributed by atoms with Gasteiger partial charge in [0.2, 0.25) is 0 Å². The fourth-order valence-electron chi connectivity index (χ4n) is 1.10. The topological polar surface area (TPSA) is 17.1 Å². The Hall–Kier alpha value is -0.240. The van der Waals surface area contributed by atoms with Crippen molar-refractivity contribution in [1.82, 2.24) is 0 Å². The fourth-order valence-corrected chi connectivity index (χ4v) is 2.37. The molecule has 1 rings (SSSR count). The second-order valence-corrected chi connectivity index (χ2v) is 3.71. The third kappa shape index (κ3) is 1.43. The Morgan fingerprint density at radius 1 is 1.90 bits per heavy atom. The Balaban J connectivity index is 2.54. The summed E-state index contributed by atoms with van der Waals surface area (Å²) in [5, 5.41) is 0. The summed E-state index contributed by atoms with van der Waals surface area (Å²) < 4.78 is 0. The van der Waals surface area contributed by atoms with Crippen LogP contribution in [0, 0.1) is 11.8 Å². The molecule has 1 fully saturated rings. The zero-order valence-corrected chi connectivity index (χ0v) is 6.99. The lowest BCUT2D eigenvalue weighted by Gasteiger charge is -2.10. The Morgan fingerprint density at radius 3 is 3.00 bits per heavy atom. The van der Waals surface area contributed by atoms with Crippen molar-refractivity contribution in [3.8, 4) is 0 Å². The molecule has 1 nitrogen and oxygen atoms in total. The predicted octanol–water partition coefficient (Wildman–Crippen LogP) is 1.74. The lowest BCUT2D eigenvalue weighted by atomic mass is 9.93. The van der Waals surface area contributed by atoms with Crippen LogP contribution in [0.25, 0.3) is 0 Å². The van der Waals surface area contributed by atoms with Crippen molar-refractivity contribution in [2.45, 2.75) is 6.92 Å². The molecule has 1 aliphatic heterocycles. The monoisotopic (exact) mass is 156 g/mol. The molecule has 0 saturated carbocycles. The van der Waals surface area contributed by atoms with Gasteiger partial charge in [0.15, 0.2) is 0 Å². The largest absolute Gasteiger partial charge is 0.298 e. The second kappa shape index (κ2) is 3.24. The highest BCUT2D eigenvalue weighted by Crippen LogP contribution is 2.26. The van der Waals surface area contributed by atoms with E-state index in [0.29, 0.717) is 17.5 Å². The average Bonchev–Trinajstić information content (AvgIpc) is 2.34. The van der Waals surface area contributed by atoms with Gasteiger partial charge in [-0.25, -0.2) is 0 Å². The highest BCUT2D eigenvalue weighted by Gasteiger charge is 2.27. The van der Waals surface area contributed by atoms with E-state index in [1.807, 2.05) is 6.08 Å². The van der Waals surface area contributed by atoms with Crippen molar-refractivity contribution in [3.63, 3.8) is 0 Å². The molecule has 0 bridgehead atoms. The van der Waals surface area contributed by atoms with Crippen LogP contribution in [0.5, 0.6) is 0 Å². The number of hydrogen-bond acceptors (Lipinski definition) is 2. The molecular weight excluding hydrogens is 144 g/mol. The van der Waals surface area contributed by atoms with Crippen LogP contribution in [0.15, 0.2) is 12.7 Å². The van der Waals surface area contributed by atoms with Gasteiger partial charge < -0.3 is 0 Å². The first-order valence-corrected chi connectivity index (χ1v) is 4.64. The van der Waals surface area contributed by atoms with E-state index in [-0.39, 0.29) is 5.92 Å². The standard InChI is InChI=1S/C8H12OS/c1-3-6(2)7-4-10-5-8(7)9/h3,6-7H,1,4-5H2,2H3. The average molecular weight is 156 g/mol. The van der Waals surface area contributed by atoms with E-state index in [9.17, 15) is 4.79 Å². The van der Waals surface area contributed by atoms with Gasteiger partial charge in [0.05, 0.1) is 5.75 Å². The maximum Gasteiger partial charge on any atom is 0.147 e. The van der Waals surface area contributed by atoms with Crippen LogP contribution in [0.1, 0.15) is 6.92 Å². The zero-order chi connectivity index (χ0) is 7.56. The molecule has 1 saturated heterocycles. The molecular formula is C8H12OS. The summed E-state index contributed by atoms with van der Waals surface area (Å²) in [7, 11) is 0. The number of carbonyl (C=O) groups is 1. The Labute approximate surface area is 65.9 Å². The van der Waals surface area contributed by atoms with Crippen molar-refractivity contribution < 1.29 is 4.79 Å². The van der Waals surface area contributed by atoms with Crippen molar-refractivity contribution in [2.75, 3.05) is 11.5 Å². The summed E-state index contributed by atoms with van der Waals surface area (Å²) in [5.74, 6) is 2.72.